The van der Waals surface area contributed by atoms with Crippen LogP contribution in [0.25, 0.3) is 0 Å². The zero-order valence-electron chi connectivity index (χ0n) is 43.8. The van der Waals surface area contributed by atoms with E-state index < -0.39 is 0 Å². The molecule has 0 heterocycles. The summed E-state index contributed by atoms with van der Waals surface area (Å²) in [6, 6.07) is 0. The van der Waals surface area contributed by atoms with E-state index >= 15 is 0 Å². The summed E-state index contributed by atoms with van der Waals surface area (Å²) >= 11 is 5.21. The zero-order chi connectivity index (χ0) is 47.5. The smallest absolute Gasteiger partial charge is 0.222 e. The number of carbonyl (C=O) groups excluding carboxylic acids is 2. The van der Waals surface area contributed by atoms with Crippen LogP contribution in [0, 0.1) is 0 Å². The molecular formula is C57H114ClN3O2. The van der Waals surface area contributed by atoms with Gasteiger partial charge in [0.2, 0.25) is 11.1 Å². The largest absolute Gasteiger partial charge is 0.343 e. The first-order valence-corrected chi connectivity index (χ1v) is 27.9. The van der Waals surface area contributed by atoms with Crippen molar-refractivity contribution in [3.63, 3.8) is 0 Å². The molecule has 6 heteroatoms. The molecule has 0 unspecified atom stereocenters. The number of nitrogens with one attached hydrogen (secondary N) is 1. The first kappa shape index (κ1) is 68.2. The second-order valence-electron chi connectivity index (χ2n) is 17.9. The average Bonchev–Trinajstić information content (AvgIpc) is 3.28. The molecule has 0 saturated heterocycles. The number of hydrogen-bond donors (Lipinski definition) is 1. The van der Waals surface area contributed by atoms with Crippen molar-refractivity contribution in [2.75, 3.05) is 45.8 Å². The quantitative estimate of drug-likeness (QED) is 0.0376. The number of halogens is 1. The highest BCUT2D eigenvalue weighted by atomic mass is 35.5. The number of hydrogen-bond acceptors (Lipinski definition) is 4. The lowest BCUT2D eigenvalue weighted by molar-refractivity contribution is -0.131. The van der Waals surface area contributed by atoms with Gasteiger partial charge in [-0.3, -0.25) is 9.59 Å². The van der Waals surface area contributed by atoms with E-state index in [9.17, 15) is 9.59 Å². The van der Waals surface area contributed by atoms with Gasteiger partial charge in [-0.15, -0.1) is 19.7 Å². The summed E-state index contributed by atoms with van der Waals surface area (Å²) in [7, 11) is 0. The summed E-state index contributed by atoms with van der Waals surface area (Å²) in [5.41, 5.74) is 0. The summed E-state index contributed by atoms with van der Waals surface area (Å²) in [5.74, 6) is 0.378. The molecule has 0 atom stereocenters. The van der Waals surface area contributed by atoms with Crippen LogP contribution in [-0.2, 0) is 9.59 Å². The van der Waals surface area contributed by atoms with E-state index in [-0.39, 0.29) is 5.24 Å². The van der Waals surface area contributed by atoms with E-state index in [4.69, 9.17) is 11.6 Å². The van der Waals surface area contributed by atoms with Gasteiger partial charge in [0, 0.05) is 25.9 Å². The molecule has 0 aromatic heterocycles. The number of unbranched alkanes of at least 4 members (excludes halogenated alkanes) is 25. The Morgan fingerprint density at radius 2 is 0.698 bits per heavy atom. The monoisotopic (exact) mass is 908 g/mol. The average molecular weight is 909 g/mol. The fraction of sp³-hybridized carbons (Fsp3) is 0.860. The Balaban J connectivity index is -0.000000385. The van der Waals surface area contributed by atoms with Crippen LogP contribution in [0.3, 0.4) is 0 Å². The molecule has 5 nitrogen and oxygen atoms in total. The van der Waals surface area contributed by atoms with E-state index in [2.05, 4.69) is 76.4 Å². The third-order valence-electron chi connectivity index (χ3n) is 11.4. The molecule has 0 spiro atoms. The van der Waals surface area contributed by atoms with Crippen LogP contribution in [0.5, 0.6) is 0 Å². The normalized spacial score (nSPS) is 10.5. The second kappa shape index (κ2) is 64.9. The minimum absolute atomic E-state index is 0.202. The van der Waals surface area contributed by atoms with Crippen molar-refractivity contribution in [1.82, 2.24) is 15.1 Å². The van der Waals surface area contributed by atoms with Gasteiger partial charge in [-0.25, -0.2) is 0 Å². The van der Waals surface area contributed by atoms with Crippen LogP contribution in [-0.4, -0.2) is 66.8 Å². The molecule has 1 N–H and O–H groups in total. The summed E-state index contributed by atoms with van der Waals surface area (Å²) in [5, 5.41) is 3.19. The van der Waals surface area contributed by atoms with Crippen LogP contribution in [0.2, 0.25) is 0 Å². The Kier molecular flexibility index (Phi) is 70.2. The number of amides is 1. The van der Waals surface area contributed by atoms with Crippen LogP contribution in [0.15, 0.2) is 38.0 Å². The van der Waals surface area contributed by atoms with Gasteiger partial charge in [-0.2, -0.15) is 0 Å². The first-order valence-electron chi connectivity index (χ1n) is 27.5. The minimum atomic E-state index is -0.202. The molecule has 0 aliphatic carbocycles. The van der Waals surface area contributed by atoms with Crippen LogP contribution in [0.1, 0.15) is 273 Å². The molecule has 0 saturated carbocycles. The van der Waals surface area contributed by atoms with E-state index in [1.54, 1.807) is 0 Å². The van der Waals surface area contributed by atoms with Crippen LogP contribution >= 0.6 is 11.6 Å². The summed E-state index contributed by atoms with van der Waals surface area (Å²) in [6.07, 6.45) is 50.4. The molecule has 63 heavy (non-hydrogen) atoms. The Bertz CT molecular complexity index is 875. The topological polar surface area (TPSA) is 52.7 Å². The number of nitrogens with zero attached hydrogens (tertiary/aromatic N) is 2. The SMILES string of the molecule is C=CCCCCCCCCC(=O)Cl.C=CCCCCCCCCC(=O)N(CCCC)CCCC.C=CCCCCCCCCCN(CCCC)CCCC.CCCCNCCCC. The maximum atomic E-state index is 12.2. The van der Waals surface area contributed by atoms with Crippen molar-refractivity contribution in [2.45, 2.75) is 273 Å². The van der Waals surface area contributed by atoms with E-state index in [0.29, 0.717) is 12.3 Å². The molecule has 0 radical (unpaired) electrons. The molecule has 0 aliphatic heterocycles. The molecule has 1 amide bonds. The maximum Gasteiger partial charge on any atom is 0.222 e. The van der Waals surface area contributed by atoms with Gasteiger partial charge < -0.3 is 15.1 Å². The summed E-state index contributed by atoms with van der Waals surface area (Å²) in [6.45, 7) is 32.9. The van der Waals surface area contributed by atoms with Gasteiger partial charge in [-0.1, -0.05) is 182 Å². The molecular weight excluding hydrogens is 794 g/mol. The van der Waals surface area contributed by atoms with Crippen molar-refractivity contribution in [1.29, 1.82) is 0 Å². The van der Waals surface area contributed by atoms with Gasteiger partial charge >= 0.3 is 0 Å². The summed E-state index contributed by atoms with van der Waals surface area (Å²) in [4.78, 5) is 27.4. The van der Waals surface area contributed by atoms with Crippen LogP contribution in [0.4, 0.5) is 0 Å². The fourth-order valence-electron chi connectivity index (χ4n) is 7.08. The predicted octanol–water partition coefficient (Wildman–Crippen LogP) is 18.2. The van der Waals surface area contributed by atoms with E-state index in [1.165, 1.54) is 206 Å². The Morgan fingerprint density at radius 1 is 0.397 bits per heavy atom. The number of allylic oxidation sites excluding steroid dienone is 3. The van der Waals surface area contributed by atoms with Gasteiger partial charge in [0.25, 0.3) is 0 Å². The third-order valence-corrected chi connectivity index (χ3v) is 11.6. The maximum absolute atomic E-state index is 12.2. The molecule has 0 aliphatic rings. The van der Waals surface area contributed by atoms with Gasteiger partial charge in [0.15, 0.2) is 0 Å². The Morgan fingerprint density at radius 3 is 1.05 bits per heavy atom. The standard InChI is InChI=1S/C19H37NO.C19H39N.C11H19ClO.C8H19N/c1-4-7-10-11-12-13-14-15-16-19(21)20(17-8-5-2)18-9-6-3;1-4-7-10-11-12-13-14-15-16-19-20(17-8-5-2)18-9-6-3;1-2-3-4-5-6-7-8-9-10-11(12)13;1-3-5-7-9-8-6-4-2/h4H,1,5-18H2,2-3H3;4H,1,5-19H2,2-3H3;2H,1,3-10H2;9H,3-8H2,1-2H3. The van der Waals surface area contributed by atoms with Crippen molar-refractivity contribution >= 4 is 22.8 Å². The van der Waals surface area contributed by atoms with Gasteiger partial charge in [-0.05, 0) is 141 Å². The molecule has 0 aromatic carbocycles. The van der Waals surface area contributed by atoms with Gasteiger partial charge in [0.05, 0.1) is 0 Å². The lowest BCUT2D eigenvalue weighted by atomic mass is 10.1. The van der Waals surface area contributed by atoms with Crippen molar-refractivity contribution < 1.29 is 9.59 Å². The molecule has 0 rings (SSSR count). The lowest BCUT2D eigenvalue weighted by Gasteiger charge is -2.22. The second-order valence-corrected chi connectivity index (χ2v) is 18.3. The molecule has 0 fully saturated rings. The molecule has 0 bridgehead atoms. The lowest BCUT2D eigenvalue weighted by Crippen LogP contribution is -2.32. The highest BCUT2D eigenvalue weighted by molar-refractivity contribution is 6.63. The third kappa shape index (κ3) is 67.3. The minimum Gasteiger partial charge on any atom is -0.343 e. The molecule has 0 aromatic rings. The number of rotatable bonds is 46. The van der Waals surface area contributed by atoms with Crippen molar-refractivity contribution in [2.24, 2.45) is 0 Å². The Labute approximate surface area is 402 Å². The Hall–Kier alpha value is -1.43. The zero-order valence-corrected chi connectivity index (χ0v) is 44.6. The van der Waals surface area contributed by atoms with E-state index in [0.717, 1.165) is 64.5 Å². The predicted molar refractivity (Wildman–Crippen MR) is 288 cm³/mol. The van der Waals surface area contributed by atoms with E-state index in [1.807, 2.05) is 18.2 Å². The first-order chi connectivity index (χ1) is 30.8. The fourth-order valence-corrected chi connectivity index (χ4v) is 7.22. The highest BCUT2D eigenvalue weighted by Crippen LogP contribution is 2.13. The van der Waals surface area contributed by atoms with Crippen LogP contribution < -0.4 is 5.32 Å². The van der Waals surface area contributed by atoms with Crippen molar-refractivity contribution in [3.8, 4) is 0 Å². The number of carbonyl (C=O) groups is 2. The highest BCUT2D eigenvalue weighted by Gasteiger charge is 2.11. The summed E-state index contributed by atoms with van der Waals surface area (Å²) < 4.78 is 0. The van der Waals surface area contributed by atoms with Gasteiger partial charge in [0.1, 0.15) is 0 Å². The van der Waals surface area contributed by atoms with Crippen molar-refractivity contribution in [3.05, 3.63) is 38.0 Å². The molecule has 376 valence electrons.